The van der Waals surface area contributed by atoms with Crippen LogP contribution in [0.3, 0.4) is 0 Å². The predicted molar refractivity (Wildman–Crippen MR) is 88.3 cm³/mol. The van der Waals surface area contributed by atoms with E-state index in [2.05, 4.69) is 55.3 Å². The Kier molecular flexibility index (Phi) is 6.68. The molecule has 0 radical (unpaired) electrons. The summed E-state index contributed by atoms with van der Waals surface area (Å²) in [6, 6.07) is 8.81. The fourth-order valence-corrected chi connectivity index (χ4v) is 2.84. The fraction of sp³-hybridized carbons (Fsp3) is 0.667. The topological polar surface area (TPSA) is 24.5 Å². The molecule has 0 aliphatic carbocycles. The summed E-state index contributed by atoms with van der Waals surface area (Å²) in [4.78, 5) is 2.53. The molecule has 0 spiro atoms. The molecule has 3 heteroatoms. The highest BCUT2D eigenvalue weighted by atomic mass is 16.5. The van der Waals surface area contributed by atoms with Crippen molar-refractivity contribution >= 4 is 0 Å². The Bertz CT molecular complexity index is 419. The first-order chi connectivity index (χ1) is 10.1. The maximum absolute atomic E-state index is 5.74. The van der Waals surface area contributed by atoms with E-state index in [1.54, 1.807) is 0 Å². The molecular weight excluding hydrogens is 260 g/mol. The first-order valence-corrected chi connectivity index (χ1v) is 8.26. The van der Waals surface area contributed by atoms with E-state index >= 15 is 0 Å². The molecule has 0 aromatic heterocycles. The minimum atomic E-state index is 0.346. The van der Waals surface area contributed by atoms with E-state index in [-0.39, 0.29) is 0 Å². The number of benzene rings is 1. The molecule has 1 saturated heterocycles. The highest BCUT2D eigenvalue weighted by Crippen LogP contribution is 2.14. The summed E-state index contributed by atoms with van der Waals surface area (Å²) in [5.41, 5.74) is 2.87. The second-order valence-electron chi connectivity index (χ2n) is 6.56. The Morgan fingerprint density at radius 1 is 1.29 bits per heavy atom. The molecule has 2 rings (SSSR count). The summed E-state index contributed by atoms with van der Waals surface area (Å²) >= 11 is 0. The molecule has 0 bridgehead atoms. The zero-order valence-corrected chi connectivity index (χ0v) is 13.8. The standard InChI is InChI=1S/C18H30N2O/c1-15(2)11-19-12-17-7-4-5-8-18(17)14-20-9-6-10-21-16(3)13-20/h4-5,7-8,15-16,19H,6,9-14H2,1-3H3. The smallest absolute Gasteiger partial charge is 0.0674 e. The minimum Gasteiger partial charge on any atom is -0.377 e. The van der Waals surface area contributed by atoms with E-state index in [0.717, 1.165) is 45.8 Å². The van der Waals surface area contributed by atoms with Crippen LogP contribution in [0.4, 0.5) is 0 Å². The molecule has 118 valence electrons. The molecule has 3 nitrogen and oxygen atoms in total. The largest absolute Gasteiger partial charge is 0.377 e. The lowest BCUT2D eigenvalue weighted by Gasteiger charge is -2.23. The molecule has 0 saturated carbocycles. The van der Waals surface area contributed by atoms with Gasteiger partial charge >= 0.3 is 0 Å². The van der Waals surface area contributed by atoms with Gasteiger partial charge in [0.25, 0.3) is 0 Å². The van der Waals surface area contributed by atoms with Gasteiger partial charge in [-0.05, 0) is 36.9 Å². The van der Waals surface area contributed by atoms with Crippen LogP contribution in [-0.4, -0.2) is 37.2 Å². The van der Waals surface area contributed by atoms with Crippen LogP contribution < -0.4 is 5.32 Å². The average Bonchev–Trinajstić information content (AvgIpc) is 2.64. The van der Waals surface area contributed by atoms with Crippen LogP contribution in [0.5, 0.6) is 0 Å². The van der Waals surface area contributed by atoms with Crippen LogP contribution in [0.15, 0.2) is 24.3 Å². The van der Waals surface area contributed by atoms with Gasteiger partial charge in [-0.25, -0.2) is 0 Å². The van der Waals surface area contributed by atoms with Gasteiger partial charge in [-0.15, -0.1) is 0 Å². The van der Waals surface area contributed by atoms with Gasteiger partial charge in [0.05, 0.1) is 6.10 Å². The second-order valence-corrected chi connectivity index (χ2v) is 6.56. The quantitative estimate of drug-likeness (QED) is 0.871. The van der Waals surface area contributed by atoms with Crippen LogP contribution in [0.2, 0.25) is 0 Å². The van der Waals surface area contributed by atoms with Gasteiger partial charge in [-0.1, -0.05) is 38.1 Å². The molecule has 1 N–H and O–H groups in total. The summed E-state index contributed by atoms with van der Waals surface area (Å²) in [6.45, 7) is 12.8. The highest BCUT2D eigenvalue weighted by Gasteiger charge is 2.16. The Morgan fingerprint density at radius 3 is 2.81 bits per heavy atom. The molecular formula is C18H30N2O. The third kappa shape index (κ3) is 5.77. The lowest BCUT2D eigenvalue weighted by atomic mass is 10.1. The van der Waals surface area contributed by atoms with Gasteiger partial charge in [0.15, 0.2) is 0 Å². The number of rotatable bonds is 6. The van der Waals surface area contributed by atoms with Gasteiger partial charge in [-0.2, -0.15) is 0 Å². The maximum atomic E-state index is 5.74. The SMILES string of the molecule is CC(C)CNCc1ccccc1CN1CCCOC(C)C1. The Hall–Kier alpha value is -0.900. The first-order valence-electron chi connectivity index (χ1n) is 8.26. The van der Waals surface area contributed by atoms with Crippen LogP contribution in [0.25, 0.3) is 0 Å². The van der Waals surface area contributed by atoms with Crippen molar-refractivity contribution in [3.05, 3.63) is 35.4 Å². The lowest BCUT2D eigenvalue weighted by Crippen LogP contribution is -2.30. The molecule has 1 aromatic carbocycles. The number of hydrogen-bond acceptors (Lipinski definition) is 3. The molecule has 1 aromatic rings. The normalized spacial score (nSPS) is 20.7. The Labute approximate surface area is 129 Å². The maximum Gasteiger partial charge on any atom is 0.0674 e. The van der Waals surface area contributed by atoms with Gasteiger partial charge in [0, 0.05) is 32.8 Å². The number of nitrogens with one attached hydrogen (secondary N) is 1. The average molecular weight is 290 g/mol. The van der Waals surface area contributed by atoms with Crippen molar-refractivity contribution in [3.63, 3.8) is 0 Å². The Balaban J connectivity index is 1.95. The lowest BCUT2D eigenvalue weighted by molar-refractivity contribution is 0.0667. The van der Waals surface area contributed by atoms with Crippen molar-refractivity contribution in [2.75, 3.05) is 26.2 Å². The summed E-state index contributed by atoms with van der Waals surface area (Å²) in [6.07, 6.45) is 1.48. The minimum absolute atomic E-state index is 0.346. The van der Waals surface area contributed by atoms with Crippen LogP contribution in [0, 0.1) is 5.92 Å². The van der Waals surface area contributed by atoms with Crippen LogP contribution in [0.1, 0.15) is 38.3 Å². The van der Waals surface area contributed by atoms with Crippen molar-refractivity contribution in [1.29, 1.82) is 0 Å². The van der Waals surface area contributed by atoms with Crippen LogP contribution >= 0.6 is 0 Å². The zero-order valence-electron chi connectivity index (χ0n) is 13.8. The van der Waals surface area contributed by atoms with E-state index in [4.69, 9.17) is 4.74 Å². The third-order valence-electron chi connectivity index (χ3n) is 3.92. The Morgan fingerprint density at radius 2 is 2.05 bits per heavy atom. The first kappa shape index (κ1) is 16.5. The third-order valence-corrected chi connectivity index (χ3v) is 3.92. The van der Waals surface area contributed by atoms with Crippen molar-refractivity contribution < 1.29 is 4.74 Å². The van der Waals surface area contributed by atoms with Gasteiger partial charge in [0.1, 0.15) is 0 Å². The molecule has 1 aliphatic rings. The van der Waals surface area contributed by atoms with Crippen molar-refractivity contribution in [2.24, 2.45) is 5.92 Å². The number of nitrogens with zero attached hydrogens (tertiary/aromatic N) is 1. The van der Waals surface area contributed by atoms with Gasteiger partial charge in [0.2, 0.25) is 0 Å². The molecule has 1 heterocycles. The molecule has 21 heavy (non-hydrogen) atoms. The van der Waals surface area contributed by atoms with Crippen molar-refractivity contribution in [1.82, 2.24) is 10.2 Å². The monoisotopic (exact) mass is 290 g/mol. The van der Waals surface area contributed by atoms with Crippen LogP contribution in [-0.2, 0) is 17.8 Å². The number of ether oxygens (including phenoxy) is 1. The van der Waals surface area contributed by atoms with Crippen molar-refractivity contribution in [2.45, 2.75) is 46.4 Å². The van der Waals surface area contributed by atoms with Gasteiger partial charge < -0.3 is 10.1 Å². The summed E-state index contributed by atoms with van der Waals surface area (Å²) in [7, 11) is 0. The second kappa shape index (κ2) is 8.52. The molecule has 0 amide bonds. The fourth-order valence-electron chi connectivity index (χ4n) is 2.84. The molecule has 1 fully saturated rings. The highest BCUT2D eigenvalue weighted by molar-refractivity contribution is 5.27. The van der Waals surface area contributed by atoms with E-state index in [1.807, 2.05) is 0 Å². The van der Waals surface area contributed by atoms with E-state index in [0.29, 0.717) is 12.0 Å². The van der Waals surface area contributed by atoms with Crippen molar-refractivity contribution in [3.8, 4) is 0 Å². The number of hydrogen-bond donors (Lipinski definition) is 1. The van der Waals surface area contributed by atoms with Gasteiger partial charge in [-0.3, -0.25) is 4.90 Å². The molecule has 1 unspecified atom stereocenters. The summed E-state index contributed by atoms with van der Waals surface area (Å²) in [5.74, 6) is 0.695. The summed E-state index contributed by atoms with van der Waals surface area (Å²) in [5, 5.41) is 3.56. The van der Waals surface area contributed by atoms with E-state index in [9.17, 15) is 0 Å². The molecule has 1 atom stereocenters. The van der Waals surface area contributed by atoms with E-state index < -0.39 is 0 Å². The predicted octanol–water partition coefficient (Wildman–Crippen LogP) is 3.04. The summed E-state index contributed by atoms with van der Waals surface area (Å²) < 4.78 is 5.74. The van der Waals surface area contributed by atoms with E-state index in [1.165, 1.54) is 11.1 Å². The zero-order chi connectivity index (χ0) is 15.1. The molecule has 1 aliphatic heterocycles.